The van der Waals surface area contributed by atoms with E-state index in [0.717, 1.165) is 10.0 Å². The molecule has 1 aromatic carbocycles. The molecule has 14 heavy (non-hydrogen) atoms. The average molecular weight is 257 g/mol. The summed E-state index contributed by atoms with van der Waals surface area (Å²) in [6.07, 6.45) is 0.147. The van der Waals surface area contributed by atoms with Gasteiger partial charge in [0.1, 0.15) is 0 Å². The van der Waals surface area contributed by atoms with Crippen LogP contribution in [-0.2, 0) is 10.3 Å². The zero-order chi connectivity index (χ0) is 10.8. The van der Waals surface area contributed by atoms with E-state index < -0.39 is 11.4 Å². The van der Waals surface area contributed by atoms with Crippen LogP contribution in [0.25, 0.3) is 0 Å². The van der Waals surface area contributed by atoms with Crippen LogP contribution in [0.1, 0.15) is 18.9 Å². The lowest BCUT2D eigenvalue weighted by molar-refractivity contribution is -0.119. The van der Waals surface area contributed by atoms with Crippen molar-refractivity contribution in [2.75, 3.05) is 0 Å². The Kier molecular flexibility index (Phi) is 3.29. The minimum atomic E-state index is -0.688. The standard InChI is InChI=1S/C10H13BrN2O/c1-10(13,6-9(12)14)7-2-4-8(11)5-3-7/h2-5H,6,13H2,1H3,(H2,12,14). The molecule has 0 saturated carbocycles. The number of rotatable bonds is 3. The Morgan fingerprint density at radius 1 is 1.43 bits per heavy atom. The van der Waals surface area contributed by atoms with E-state index in [4.69, 9.17) is 11.5 Å². The van der Waals surface area contributed by atoms with Gasteiger partial charge in [-0.3, -0.25) is 4.79 Å². The van der Waals surface area contributed by atoms with Gasteiger partial charge in [-0.2, -0.15) is 0 Å². The van der Waals surface area contributed by atoms with Crippen LogP contribution in [-0.4, -0.2) is 5.91 Å². The summed E-state index contributed by atoms with van der Waals surface area (Å²) in [7, 11) is 0. The number of carbonyl (C=O) groups excluding carboxylic acids is 1. The van der Waals surface area contributed by atoms with Gasteiger partial charge in [0, 0.05) is 16.4 Å². The molecule has 0 fully saturated rings. The summed E-state index contributed by atoms with van der Waals surface area (Å²) in [6, 6.07) is 7.54. The summed E-state index contributed by atoms with van der Waals surface area (Å²) in [4.78, 5) is 10.8. The largest absolute Gasteiger partial charge is 0.370 e. The van der Waals surface area contributed by atoms with Gasteiger partial charge in [0.25, 0.3) is 0 Å². The zero-order valence-corrected chi connectivity index (χ0v) is 9.54. The predicted molar refractivity (Wildman–Crippen MR) is 59.5 cm³/mol. The van der Waals surface area contributed by atoms with Crippen molar-refractivity contribution >= 4 is 21.8 Å². The number of hydrogen-bond donors (Lipinski definition) is 2. The maximum absolute atomic E-state index is 10.8. The SMILES string of the molecule is CC(N)(CC(N)=O)c1ccc(Br)cc1. The van der Waals surface area contributed by atoms with Gasteiger partial charge in [-0.15, -0.1) is 0 Å². The molecule has 4 heteroatoms. The summed E-state index contributed by atoms with van der Waals surface area (Å²) in [5.41, 5.74) is 11.3. The van der Waals surface area contributed by atoms with Crippen molar-refractivity contribution in [1.82, 2.24) is 0 Å². The van der Waals surface area contributed by atoms with Crippen molar-refractivity contribution in [2.24, 2.45) is 11.5 Å². The first kappa shape index (κ1) is 11.2. The Hall–Kier alpha value is -0.870. The smallest absolute Gasteiger partial charge is 0.219 e. The van der Waals surface area contributed by atoms with Gasteiger partial charge in [-0.05, 0) is 24.6 Å². The molecule has 0 aliphatic rings. The normalized spacial score (nSPS) is 14.8. The highest BCUT2D eigenvalue weighted by molar-refractivity contribution is 9.10. The van der Waals surface area contributed by atoms with Crippen LogP contribution in [0.3, 0.4) is 0 Å². The van der Waals surface area contributed by atoms with E-state index in [-0.39, 0.29) is 6.42 Å². The van der Waals surface area contributed by atoms with E-state index >= 15 is 0 Å². The Labute approximate surface area is 91.6 Å². The molecule has 1 atom stereocenters. The Morgan fingerprint density at radius 3 is 2.36 bits per heavy atom. The Bertz CT molecular complexity index is 332. The number of nitrogens with two attached hydrogens (primary N) is 2. The van der Waals surface area contributed by atoms with Gasteiger partial charge < -0.3 is 11.5 Å². The third-order valence-electron chi connectivity index (χ3n) is 2.05. The molecular weight excluding hydrogens is 244 g/mol. The second-order valence-electron chi connectivity index (χ2n) is 3.57. The van der Waals surface area contributed by atoms with E-state index in [1.165, 1.54) is 0 Å². The molecule has 0 aromatic heterocycles. The van der Waals surface area contributed by atoms with Gasteiger partial charge in [-0.25, -0.2) is 0 Å². The quantitative estimate of drug-likeness (QED) is 0.861. The fourth-order valence-electron chi connectivity index (χ4n) is 1.29. The molecule has 1 aromatic rings. The molecule has 1 amide bonds. The molecule has 0 bridgehead atoms. The molecule has 0 saturated heterocycles. The second kappa shape index (κ2) is 4.11. The number of halogens is 1. The third-order valence-corrected chi connectivity index (χ3v) is 2.57. The number of carbonyl (C=O) groups is 1. The zero-order valence-electron chi connectivity index (χ0n) is 7.96. The first-order valence-electron chi connectivity index (χ1n) is 4.25. The number of hydrogen-bond acceptors (Lipinski definition) is 2. The van der Waals surface area contributed by atoms with Gasteiger partial charge >= 0.3 is 0 Å². The summed E-state index contributed by atoms with van der Waals surface area (Å²) < 4.78 is 0.983. The highest BCUT2D eigenvalue weighted by atomic mass is 79.9. The van der Waals surface area contributed by atoms with Crippen molar-refractivity contribution in [3.05, 3.63) is 34.3 Å². The van der Waals surface area contributed by atoms with Crippen LogP contribution in [0.15, 0.2) is 28.7 Å². The summed E-state index contributed by atoms with van der Waals surface area (Å²) in [5, 5.41) is 0. The van der Waals surface area contributed by atoms with Crippen molar-refractivity contribution < 1.29 is 4.79 Å². The van der Waals surface area contributed by atoms with E-state index in [1.54, 1.807) is 6.92 Å². The van der Waals surface area contributed by atoms with Gasteiger partial charge in [-0.1, -0.05) is 28.1 Å². The molecule has 0 aliphatic heterocycles. The van der Waals surface area contributed by atoms with E-state index in [9.17, 15) is 4.79 Å². The predicted octanol–water partition coefficient (Wildman–Crippen LogP) is 1.50. The topological polar surface area (TPSA) is 69.1 Å². The first-order valence-corrected chi connectivity index (χ1v) is 5.04. The number of benzene rings is 1. The van der Waals surface area contributed by atoms with Gasteiger partial charge in [0.2, 0.25) is 5.91 Å². The Morgan fingerprint density at radius 2 is 1.93 bits per heavy atom. The Balaban J connectivity index is 2.91. The van der Waals surface area contributed by atoms with Crippen LogP contribution in [0.4, 0.5) is 0 Å². The third kappa shape index (κ3) is 2.82. The molecule has 3 nitrogen and oxygen atoms in total. The van der Waals surface area contributed by atoms with E-state index in [0.29, 0.717) is 0 Å². The molecule has 76 valence electrons. The van der Waals surface area contributed by atoms with Crippen LogP contribution in [0, 0.1) is 0 Å². The van der Waals surface area contributed by atoms with Crippen LogP contribution >= 0.6 is 15.9 Å². The summed E-state index contributed by atoms with van der Waals surface area (Å²) >= 11 is 3.33. The maximum Gasteiger partial charge on any atom is 0.219 e. The molecule has 0 spiro atoms. The van der Waals surface area contributed by atoms with Crippen molar-refractivity contribution in [3.8, 4) is 0 Å². The first-order chi connectivity index (χ1) is 6.42. The molecule has 0 radical (unpaired) electrons. The van der Waals surface area contributed by atoms with Crippen LogP contribution < -0.4 is 11.5 Å². The highest BCUT2D eigenvalue weighted by Gasteiger charge is 2.23. The lowest BCUT2D eigenvalue weighted by atomic mass is 9.90. The van der Waals surface area contributed by atoms with Crippen molar-refractivity contribution in [1.29, 1.82) is 0 Å². The molecule has 4 N–H and O–H groups in total. The minimum Gasteiger partial charge on any atom is -0.370 e. The minimum absolute atomic E-state index is 0.147. The average Bonchev–Trinajstić information content (AvgIpc) is 2.02. The van der Waals surface area contributed by atoms with Crippen LogP contribution in [0.2, 0.25) is 0 Å². The lowest BCUT2D eigenvalue weighted by Crippen LogP contribution is -2.37. The van der Waals surface area contributed by atoms with Crippen molar-refractivity contribution in [3.63, 3.8) is 0 Å². The molecule has 1 rings (SSSR count). The molecule has 0 aliphatic carbocycles. The fraction of sp³-hybridized carbons (Fsp3) is 0.300. The van der Waals surface area contributed by atoms with Gasteiger partial charge in [0.05, 0.1) is 0 Å². The lowest BCUT2D eigenvalue weighted by Gasteiger charge is -2.23. The van der Waals surface area contributed by atoms with Crippen LogP contribution in [0.5, 0.6) is 0 Å². The van der Waals surface area contributed by atoms with E-state index in [2.05, 4.69) is 15.9 Å². The van der Waals surface area contributed by atoms with E-state index in [1.807, 2.05) is 24.3 Å². The summed E-state index contributed by atoms with van der Waals surface area (Å²) in [6.45, 7) is 1.79. The summed E-state index contributed by atoms with van der Waals surface area (Å²) in [5.74, 6) is -0.391. The monoisotopic (exact) mass is 256 g/mol. The molecular formula is C10H13BrN2O. The fourth-order valence-corrected chi connectivity index (χ4v) is 1.56. The maximum atomic E-state index is 10.8. The van der Waals surface area contributed by atoms with Crippen molar-refractivity contribution in [2.45, 2.75) is 18.9 Å². The molecule has 1 unspecified atom stereocenters. The second-order valence-corrected chi connectivity index (χ2v) is 4.48. The number of primary amides is 1. The highest BCUT2D eigenvalue weighted by Crippen LogP contribution is 2.22. The number of amides is 1. The van der Waals surface area contributed by atoms with Gasteiger partial charge in [0.15, 0.2) is 0 Å². The molecule has 0 heterocycles.